The molecular weight excluding hydrogens is 402 g/mol. The van der Waals surface area contributed by atoms with Crippen molar-refractivity contribution in [2.45, 2.75) is 18.6 Å². The van der Waals surface area contributed by atoms with E-state index in [2.05, 4.69) is 53.4 Å². The first kappa shape index (κ1) is 22.2. The minimum atomic E-state index is -0.0506. The van der Waals surface area contributed by atoms with Crippen LogP contribution in [0.4, 0.5) is 0 Å². The third-order valence-electron chi connectivity index (χ3n) is 5.79. The summed E-state index contributed by atoms with van der Waals surface area (Å²) in [5, 5.41) is 0. The fourth-order valence-corrected chi connectivity index (χ4v) is 4.11. The monoisotopic (exact) mass is 433 g/mol. The molecule has 0 N–H and O–H groups in total. The lowest BCUT2D eigenvalue weighted by atomic mass is 10.0. The van der Waals surface area contributed by atoms with E-state index in [1.54, 1.807) is 14.2 Å². The van der Waals surface area contributed by atoms with Crippen molar-refractivity contribution in [1.82, 2.24) is 4.90 Å². The van der Waals surface area contributed by atoms with Crippen LogP contribution in [0.25, 0.3) is 0 Å². The van der Waals surface area contributed by atoms with E-state index in [1.165, 1.54) is 11.1 Å². The highest BCUT2D eigenvalue weighted by molar-refractivity contribution is 5.45. The molecule has 1 aliphatic heterocycles. The van der Waals surface area contributed by atoms with Gasteiger partial charge in [0.1, 0.15) is 18.5 Å². The standard InChI is InChI=1S/C27H31NO4/c1-29-25-14-13-23(19-26(25)30-2)31-18-17-28-16-15-24(20-28)32-27(21-9-5-3-6-10-21)22-11-7-4-8-12-22/h3-14,19,24,27H,15-18,20H2,1-2H3. The van der Waals surface area contributed by atoms with Crippen molar-refractivity contribution in [2.75, 3.05) is 40.5 Å². The van der Waals surface area contributed by atoms with Gasteiger partial charge in [0.2, 0.25) is 0 Å². The first-order valence-electron chi connectivity index (χ1n) is 11.1. The highest BCUT2D eigenvalue weighted by Gasteiger charge is 2.27. The molecule has 5 heteroatoms. The van der Waals surface area contributed by atoms with Crippen molar-refractivity contribution in [3.05, 3.63) is 90.0 Å². The number of nitrogens with zero attached hydrogens (tertiary/aromatic N) is 1. The normalized spacial score (nSPS) is 16.3. The van der Waals surface area contributed by atoms with E-state index in [0.717, 1.165) is 31.8 Å². The highest BCUT2D eigenvalue weighted by Crippen LogP contribution is 2.31. The summed E-state index contributed by atoms with van der Waals surface area (Å²) < 4.78 is 23.2. The zero-order chi connectivity index (χ0) is 22.2. The summed E-state index contributed by atoms with van der Waals surface area (Å²) in [6.07, 6.45) is 1.17. The number of rotatable bonds is 10. The van der Waals surface area contributed by atoms with Gasteiger partial charge in [-0.1, -0.05) is 60.7 Å². The first-order valence-corrected chi connectivity index (χ1v) is 11.1. The number of hydrogen-bond acceptors (Lipinski definition) is 5. The molecule has 1 heterocycles. The van der Waals surface area contributed by atoms with Gasteiger partial charge >= 0.3 is 0 Å². The Morgan fingerprint density at radius 1 is 0.844 bits per heavy atom. The second-order valence-electron chi connectivity index (χ2n) is 7.91. The molecule has 0 saturated carbocycles. The summed E-state index contributed by atoms with van der Waals surface area (Å²) in [5.74, 6) is 2.15. The Bertz CT molecular complexity index is 924. The van der Waals surface area contributed by atoms with E-state index in [0.29, 0.717) is 18.1 Å². The highest BCUT2D eigenvalue weighted by atomic mass is 16.5. The maximum absolute atomic E-state index is 6.62. The van der Waals surface area contributed by atoms with Gasteiger partial charge in [0, 0.05) is 25.7 Å². The van der Waals surface area contributed by atoms with Crippen LogP contribution in [0.15, 0.2) is 78.9 Å². The predicted octanol–water partition coefficient (Wildman–Crippen LogP) is 4.96. The number of ether oxygens (including phenoxy) is 4. The van der Waals surface area contributed by atoms with Crippen LogP contribution in [0.3, 0.4) is 0 Å². The van der Waals surface area contributed by atoms with Gasteiger partial charge < -0.3 is 18.9 Å². The van der Waals surface area contributed by atoms with Crippen molar-refractivity contribution < 1.29 is 18.9 Å². The van der Waals surface area contributed by atoms with Crippen LogP contribution >= 0.6 is 0 Å². The molecule has 0 bridgehead atoms. The van der Waals surface area contributed by atoms with Gasteiger partial charge in [-0.3, -0.25) is 4.90 Å². The molecule has 0 radical (unpaired) electrons. The Kier molecular flexibility index (Phi) is 7.64. The molecule has 1 aliphatic rings. The molecule has 1 atom stereocenters. The average molecular weight is 434 g/mol. The van der Waals surface area contributed by atoms with Crippen LogP contribution in [-0.2, 0) is 4.74 Å². The van der Waals surface area contributed by atoms with Crippen LogP contribution in [0.1, 0.15) is 23.7 Å². The molecule has 0 aliphatic carbocycles. The topological polar surface area (TPSA) is 40.2 Å². The Balaban J connectivity index is 1.31. The summed E-state index contributed by atoms with van der Waals surface area (Å²) in [6.45, 7) is 3.39. The fraction of sp³-hybridized carbons (Fsp3) is 0.333. The van der Waals surface area contributed by atoms with Gasteiger partial charge in [0.15, 0.2) is 11.5 Å². The number of benzene rings is 3. The van der Waals surface area contributed by atoms with E-state index < -0.39 is 0 Å². The Morgan fingerprint density at radius 2 is 1.50 bits per heavy atom. The zero-order valence-electron chi connectivity index (χ0n) is 18.8. The Morgan fingerprint density at radius 3 is 2.12 bits per heavy atom. The van der Waals surface area contributed by atoms with E-state index in [4.69, 9.17) is 18.9 Å². The number of methoxy groups -OCH3 is 2. The zero-order valence-corrected chi connectivity index (χ0v) is 18.8. The predicted molar refractivity (Wildman–Crippen MR) is 126 cm³/mol. The summed E-state index contributed by atoms with van der Waals surface area (Å²) in [6, 6.07) is 26.6. The lowest BCUT2D eigenvalue weighted by Gasteiger charge is -2.23. The summed E-state index contributed by atoms with van der Waals surface area (Å²) in [4.78, 5) is 2.40. The smallest absolute Gasteiger partial charge is 0.164 e. The van der Waals surface area contributed by atoms with Gasteiger partial charge in [-0.25, -0.2) is 0 Å². The van der Waals surface area contributed by atoms with Crippen LogP contribution in [0.2, 0.25) is 0 Å². The van der Waals surface area contributed by atoms with E-state index >= 15 is 0 Å². The maximum Gasteiger partial charge on any atom is 0.164 e. The van der Waals surface area contributed by atoms with Gasteiger partial charge in [-0.05, 0) is 29.7 Å². The minimum absolute atomic E-state index is 0.0506. The fourth-order valence-electron chi connectivity index (χ4n) is 4.11. The van der Waals surface area contributed by atoms with E-state index in [9.17, 15) is 0 Å². The molecular formula is C27H31NO4. The van der Waals surface area contributed by atoms with Crippen LogP contribution in [-0.4, -0.2) is 51.5 Å². The molecule has 3 aromatic carbocycles. The molecule has 1 unspecified atom stereocenters. The third-order valence-corrected chi connectivity index (χ3v) is 5.79. The van der Waals surface area contributed by atoms with Gasteiger partial charge in [0.05, 0.1) is 20.3 Å². The molecule has 0 aromatic heterocycles. The van der Waals surface area contributed by atoms with Gasteiger partial charge in [0.25, 0.3) is 0 Å². The van der Waals surface area contributed by atoms with E-state index in [1.807, 2.05) is 30.3 Å². The molecule has 0 amide bonds. The molecule has 1 saturated heterocycles. The quantitative estimate of drug-likeness (QED) is 0.452. The molecule has 3 aromatic rings. The van der Waals surface area contributed by atoms with Crippen LogP contribution < -0.4 is 14.2 Å². The van der Waals surface area contributed by atoms with Crippen molar-refractivity contribution in [1.29, 1.82) is 0 Å². The average Bonchev–Trinajstić information content (AvgIpc) is 3.31. The maximum atomic E-state index is 6.62. The Hall–Kier alpha value is -3.02. The second kappa shape index (κ2) is 11.0. The van der Waals surface area contributed by atoms with E-state index in [-0.39, 0.29) is 12.2 Å². The summed E-state index contributed by atoms with van der Waals surface area (Å²) in [7, 11) is 3.26. The molecule has 32 heavy (non-hydrogen) atoms. The molecule has 5 nitrogen and oxygen atoms in total. The largest absolute Gasteiger partial charge is 0.493 e. The lowest BCUT2D eigenvalue weighted by molar-refractivity contribution is 0.0137. The lowest BCUT2D eigenvalue weighted by Crippen LogP contribution is -2.28. The second-order valence-corrected chi connectivity index (χ2v) is 7.91. The Labute approximate surface area is 190 Å². The molecule has 1 fully saturated rings. The van der Waals surface area contributed by atoms with Crippen LogP contribution in [0.5, 0.6) is 17.2 Å². The summed E-state index contributed by atoms with van der Waals surface area (Å²) in [5.41, 5.74) is 2.38. The van der Waals surface area contributed by atoms with Crippen molar-refractivity contribution >= 4 is 0 Å². The number of likely N-dealkylation sites (tertiary alicyclic amines) is 1. The van der Waals surface area contributed by atoms with Crippen molar-refractivity contribution in [3.8, 4) is 17.2 Å². The van der Waals surface area contributed by atoms with Gasteiger partial charge in [-0.15, -0.1) is 0 Å². The van der Waals surface area contributed by atoms with Crippen molar-refractivity contribution in [2.24, 2.45) is 0 Å². The first-order chi connectivity index (χ1) is 15.8. The third kappa shape index (κ3) is 5.61. The van der Waals surface area contributed by atoms with Crippen molar-refractivity contribution in [3.63, 3.8) is 0 Å². The minimum Gasteiger partial charge on any atom is -0.493 e. The molecule has 0 spiro atoms. The summed E-state index contributed by atoms with van der Waals surface area (Å²) >= 11 is 0. The number of hydrogen-bond donors (Lipinski definition) is 0. The van der Waals surface area contributed by atoms with Gasteiger partial charge in [-0.2, -0.15) is 0 Å². The molecule has 4 rings (SSSR count). The SMILES string of the molecule is COc1ccc(OCCN2CCC(OC(c3ccccc3)c3ccccc3)C2)cc1OC. The van der Waals surface area contributed by atoms with Crippen LogP contribution in [0, 0.1) is 0 Å². The molecule has 168 valence electrons.